The van der Waals surface area contributed by atoms with E-state index in [0.717, 1.165) is 6.42 Å². The lowest BCUT2D eigenvalue weighted by Crippen LogP contribution is -2.41. The van der Waals surface area contributed by atoms with Crippen LogP contribution in [0.1, 0.15) is 38.6 Å². The van der Waals surface area contributed by atoms with Gasteiger partial charge in [-0.05, 0) is 45.5 Å². The molecule has 13 heteroatoms. The van der Waals surface area contributed by atoms with Crippen LogP contribution in [0, 0.1) is 5.82 Å². The minimum Gasteiger partial charge on any atom is -0.372 e. The highest BCUT2D eigenvalue weighted by molar-refractivity contribution is 7.93. The lowest BCUT2D eigenvalue weighted by Gasteiger charge is -2.23. The van der Waals surface area contributed by atoms with Crippen LogP contribution in [0.25, 0.3) is 5.69 Å². The summed E-state index contributed by atoms with van der Waals surface area (Å²) in [5.41, 5.74) is 0.0874. The molecule has 2 heterocycles. The average Bonchev–Trinajstić information content (AvgIpc) is 3.46. The second-order valence-corrected chi connectivity index (χ2v) is 10.2. The minimum absolute atomic E-state index is 0.0241. The van der Waals surface area contributed by atoms with Crippen molar-refractivity contribution in [2.75, 3.05) is 18.4 Å². The number of rotatable bonds is 9. The van der Waals surface area contributed by atoms with Gasteiger partial charge in [0.1, 0.15) is 23.3 Å². The number of nitrogens with zero attached hydrogens (tertiary/aromatic N) is 5. The molecule has 2 aromatic rings. The van der Waals surface area contributed by atoms with Crippen LogP contribution in [-0.2, 0) is 19.5 Å². The number of aliphatic imine (C=N–C) groups is 2. The van der Waals surface area contributed by atoms with E-state index in [4.69, 9.17) is 21.1 Å². The Kier molecular flexibility index (Phi) is 8.52. The summed E-state index contributed by atoms with van der Waals surface area (Å²) in [6.07, 6.45) is 1.25. The van der Waals surface area contributed by atoms with E-state index in [1.807, 2.05) is 0 Å². The fourth-order valence-electron chi connectivity index (χ4n) is 3.47. The zero-order chi connectivity index (χ0) is 24.9. The standard InChI is InChI=1S/C21H26ClFN6O4S/c1-13(22)12-25-19(24-3)18(32-4)14(2)34(30,31)28-21-27-26-20(17-10-7-11-33-17)29(21)16-9-6-5-8-15(16)23/h5-6,8-9,12,14,17-18H,3,7,10-11H2,1-2,4H3,(H,27,28)/b13-12+,25-19?/t14-,17-,18-/m0/s1. The number of para-hydroxylation sites is 1. The SMILES string of the molecule is C=NC(=N/C=C(\C)Cl)[C@@H](OC)[C@H](C)S(=O)(=O)Nc1nnc([C@@H]2CCCO2)n1-c1ccccc1F. The number of amidine groups is 1. The van der Waals surface area contributed by atoms with Crippen molar-refractivity contribution in [1.29, 1.82) is 0 Å². The molecule has 34 heavy (non-hydrogen) atoms. The Labute approximate surface area is 202 Å². The van der Waals surface area contributed by atoms with E-state index >= 15 is 0 Å². The molecule has 184 valence electrons. The number of aromatic nitrogens is 3. The van der Waals surface area contributed by atoms with Crippen LogP contribution in [0.2, 0.25) is 0 Å². The van der Waals surface area contributed by atoms with Crippen molar-refractivity contribution in [3.63, 3.8) is 0 Å². The molecule has 0 aliphatic carbocycles. The summed E-state index contributed by atoms with van der Waals surface area (Å²) in [6.45, 7) is 6.98. The maximum absolute atomic E-state index is 14.7. The van der Waals surface area contributed by atoms with Gasteiger partial charge in [-0.2, -0.15) is 0 Å². The lowest BCUT2D eigenvalue weighted by atomic mass is 10.2. The van der Waals surface area contributed by atoms with Crippen molar-refractivity contribution in [2.24, 2.45) is 9.98 Å². The molecule has 0 spiro atoms. The number of nitrogens with one attached hydrogen (secondary N) is 1. The lowest BCUT2D eigenvalue weighted by molar-refractivity contribution is 0.103. The summed E-state index contributed by atoms with van der Waals surface area (Å²) < 4.78 is 56.1. The molecule has 3 atom stereocenters. The summed E-state index contributed by atoms with van der Waals surface area (Å²) in [7, 11) is -2.83. The van der Waals surface area contributed by atoms with Crippen LogP contribution in [0.5, 0.6) is 0 Å². The summed E-state index contributed by atoms with van der Waals surface area (Å²) in [5.74, 6) is -0.429. The molecule has 10 nitrogen and oxygen atoms in total. The van der Waals surface area contributed by atoms with Gasteiger partial charge in [-0.25, -0.2) is 22.8 Å². The van der Waals surface area contributed by atoms with Gasteiger partial charge in [-0.1, -0.05) is 23.7 Å². The van der Waals surface area contributed by atoms with Gasteiger partial charge >= 0.3 is 0 Å². The molecule has 1 aliphatic rings. The van der Waals surface area contributed by atoms with Crippen molar-refractivity contribution in [3.8, 4) is 5.69 Å². The molecule has 1 aromatic carbocycles. The number of benzene rings is 1. The Balaban J connectivity index is 2.01. The highest BCUT2D eigenvalue weighted by Gasteiger charge is 2.35. The van der Waals surface area contributed by atoms with E-state index in [2.05, 4.69) is 31.6 Å². The van der Waals surface area contributed by atoms with E-state index in [1.165, 1.54) is 43.0 Å². The third-order valence-corrected chi connectivity index (χ3v) is 6.98. The van der Waals surface area contributed by atoms with Gasteiger partial charge in [-0.15, -0.1) is 10.2 Å². The Hall–Kier alpha value is -2.67. The van der Waals surface area contributed by atoms with Gasteiger partial charge in [0.2, 0.25) is 16.0 Å². The summed E-state index contributed by atoms with van der Waals surface area (Å²) in [5, 5.41) is 7.28. The normalized spacial score (nSPS) is 19.1. The van der Waals surface area contributed by atoms with Gasteiger partial charge in [0.05, 0.1) is 5.69 Å². The zero-order valence-corrected chi connectivity index (χ0v) is 20.6. The molecule has 3 rings (SSSR count). The zero-order valence-electron chi connectivity index (χ0n) is 19.0. The molecule has 1 aromatic heterocycles. The van der Waals surface area contributed by atoms with E-state index < -0.39 is 33.3 Å². The number of methoxy groups -OCH3 is 1. The van der Waals surface area contributed by atoms with Gasteiger partial charge in [0.25, 0.3) is 0 Å². The Morgan fingerprint density at radius 1 is 1.44 bits per heavy atom. The Morgan fingerprint density at radius 2 is 2.18 bits per heavy atom. The molecular weight excluding hydrogens is 487 g/mol. The van der Waals surface area contributed by atoms with Crippen LogP contribution in [-0.4, -0.2) is 60.8 Å². The van der Waals surface area contributed by atoms with E-state index in [1.54, 1.807) is 13.0 Å². The molecule has 1 fully saturated rings. The number of hydrogen-bond acceptors (Lipinski definition) is 7. The van der Waals surface area contributed by atoms with Crippen LogP contribution in [0.3, 0.4) is 0 Å². The van der Waals surface area contributed by atoms with E-state index in [9.17, 15) is 12.8 Å². The van der Waals surface area contributed by atoms with Crippen molar-refractivity contribution >= 4 is 40.1 Å². The largest absolute Gasteiger partial charge is 0.372 e. The van der Waals surface area contributed by atoms with Crippen molar-refractivity contribution in [2.45, 2.75) is 44.1 Å². The van der Waals surface area contributed by atoms with Gasteiger partial charge in [0, 0.05) is 24.9 Å². The number of allylic oxidation sites excluding steroid dienone is 1. The molecule has 0 unspecified atom stereocenters. The Bertz CT molecular complexity index is 1190. The van der Waals surface area contributed by atoms with Crippen molar-refractivity contribution < 1.29 is 22.3 Å². The monoisotopic (exact) mass is 512 g/mol. The van der Waals surface area contributed by atoms with Crippen molar-refractivity contribution in [3.05, 3.63) is 47.1 Å². The molecule has 0 amide bonds. The quantitative estimate of drug-likeness (QED) is 0.405. The first-order chi connectivity index (χ1) is 16.2. The van der Waals surface area contributed by atoms with E-state index in [-0.39, 0.29) is 17.5 Å². The maximum Gasteiger partial charge on any atom is 0.243 e. The number of ether oxygens (including phenoxy) is 2. The van der Waals surface area contributed by atoms with Gasteiger partial charge < -0.3 is 9.47 Å². The summed E-state index contributed by atoms with van der Waals surface area (Å²) in [6, 6.07) is 5.93. The maximum atomic E-state index is 14.7. The third kappa shape index (κ3) is 5.69. The smallest absolute Gasteiger partial charge is 0.243 e. The minimum atomic E-state index is -4.16. The van der Waals surface area contributed by atoms with Crippen LogP contribution < -0.4 is 4.72 Å². The molecule has 1 N–H and O–H groups in total. The fraction of sp³-hybridized carbons (Fsp3) is 0.429. The molecule has 1 aliphatic heterocycles. The van der Waals surface area contributed by atoms with E-state index in [0.29, 0.717) is 23.9 Å². The van der Waals surface area contributed by atoms with Crippen LogP contribution >= 0.6 is 11.6 Å². The highest BCUT2D eigenvalue weighted by Crippen LogP contribution is 2.32. The molecule has 0 bridgehead atoms. The fourth-order valence-corrected chi connectivity index (χ4v) is 4.65. The first-order valence-electron chi connectivity index (χ1n) is 10.4. The number of hydrogen-bond donors (Lipinski definition) is 1. The number of anilines is 1. The summed E-state index contributed by atoms with van der Waals surface area (Å²) >= 11 is 5.81. The third-order valence-electron chi connectivity index (χ3n) is 5.19. The Morgan fingerprint density at radius 3 is 2.76 bits per heavy atom. The molecule has 0 saturated carbocycles. The first-order valence-corrected chi connectivity index (χ1v) is 12.3. The average molecular weight is 513 g/mol. The van der Waals surface area contributed by atoms with Gasteiger partial charge in [-0.3, -0.25) is 9.29 Å². The second-order valence-electron chi connectivity index (χ2n) is 7.54. The first kappa shape index (κ1) is 25.9. The number of sulfonamides is 1. The molecular formula is C21H26ClFN6O4S. The van der Waals surface area contributed by atoms with Crippen LogP contribution in [0.15, 0.2) is 45.5 Å². The predicted octanol–water partition coefficient (Wildman–Crippen LogP) is 3.60. The molecule has 1 saturated heterocycles. The predicted molar refractivity (Wildman–Crippen MR) is 129 cm³/mol. The second kappa shape index (κ2) is 11.2. The number of halogens is 2. The van der Waals surface area contributed by atoms with Gasteiger partial charge in [0.15, 0.2) is 11.7 Å². The highest BCUT2D eigenvalue weighted by atomic mass is 35.5. The van der Waals surface area contributed by atoms with Crippen LogP contribution in [0.4, 0.5) is 10.3 Å². The summed E-state index contributed by atoms with van der Waals surface area (Å²) in [4.78, 5) is 7.85. The van der Waals surface area contributed by atoms with Crippen molar-refractivity contribution in [1.82, 2.24) is 14.8 Å². The molecule has 0 radical (unpaired) electrons. The topological polar surface area (TPSA) is 120 Å².